The number of rotatable bonds is 8. The summed E-state index contributed by atoms with van der Waals surface area (Å²) >= 11 is 0. The van der Waals surface area contributed by atoms with Gasteiger partial charge in [-0.2, -0.15) is 0 Å². The summed E-state index contributed by atoms with van der Waals surface area (Å²) in [5, 5.41) is 5.53. The minimum absolute atomic E-state index is 0.118. The number of hydrogen-bond donors (Lipinski definition) is 2. The van der Waals surface area contributed by atoms with E-state index in [1.807, 2.05) is 31.2 Å². The lowest BCUT2D eigenvalue weighted by atomic mass is 10.1. The number of carbonyl (C=O) groups is 3. The van der Waals surface area contributed by atoms with Crippen molar-refractivity contribution in [3.63, 3.8) is 0 Å². The molecule has 3 aromatic rings. The third kappa shape index (κ3) is 6.44. The largest absolute Gasteiger partial charge is 0.484 e. The lowest BCUT2D eigenvalue weighted by Crippen LogP contribution is -2.32. The summed E-state index contributed by atoms with van der Waals surface area (Å²) in [5.41, 5.74) is 3.29. The molecule has 1 aliphatic heterocycles. The average molecular weight is 476 g/mol. The SMILES string of the molecule is Cc1ccc(CNC(=O)C2CC(=O)N(c3ccc(OCC(=O)Nc4ccc(F)cc4)cc3)C2)cc1. The Morgan fingerprint density at radius 2 is 1.69 bits per heavy atom. The second kappa shape index (κ2) is 10.8. The maximum atomic E-state index is 13.0. The second-order valence-electron chi connectivity index (χ2n) is 8.45. The Bertz CT molecular complexity index is 1190. The van der Waals surface area contributed by atoms with Crippen molar-refractivity contribution in [3.8, 4) is 5.75 Å². The standard InChI is InChI=1S/C27H26FN3O4/c1-18-2-4-19(5-3-18)15-29-27(34)20-14-26(33)31(16-20)23-10-12-24(13-11-23)35-17-25(32)30-22-8-6-21(28)7-9-22/h2-13,20H,14-17H2,1H3,(H,29,34)(H,30,32). The van der Waals surface area contributed by atoms with E-state index in [1.165, 1.54) is 24.3 Å². The highest BCUT2D eigenvalue weighted by atomic mass is 19.1. The van der Waals surface area contributed by atoms with Crippen LogP contribution in [0.25, 0.3) is 0 Å². The summed E-state index contributed by atoms with van der Waals surface area (Å²) in [7, 11) is 0. The van der Waals surface area contributed by atoms with Gasteiger partial charge < -0.3 is 20.3 Å². The zero-order valence-corrected chi connectivity index (χ0v) is 19.3. The summed E-state index contributed by atoms with van der Waals surface area (Å²) < 4.78 is 18.4. The molecule has 0 aliphatic carbocycles. The van der Waals surface area contributed by atoms with Gasteiger partial charge in [0.2, 0.25) is 11.8 Å². The summed E-state index contributed by atoms with van der Waals surface area (Å²) in [6.07, 6.45) is 0.154. The van der Waals surface area contributed by atoms with Crippen LogP contribution in [0.5, 0.6) is 5.75 Å². The third-order valence-corrected chi connectivity index (χ3v) is 5.73. The smallest absolute Gasteiger partial charge is 0.262 e. The molecule has 35 heavy (non-hydrogen) atoms. The van der Waals surface area contributed by atoms with E-state index in [0.29, 0.717) is 30.2 Å². The number of halogens is 1. The van der Waals surface area contributed by atoms with Crippen LogP contribution in [0.3, 0.4) is 0 Å². The molecule has 8 heteroatoms. The molecule has 1 saturated heterocycles. The molecule has 180 valence electrons. The molecule has 0 bridgehead atoms. The molecule has 0 radical (unpaired) electrons. The lowest BCUT2D eigenvalue weighted by Gasteiger charge is -2.17. The van der Waals surface area contributed by atoms with Gasteiger partial charge in [-0.05, 0) is 61.0 Å². The number of ether oxygens (including phenoxy) is 1. The summed E-state index contributed by atoms with van der Waals surface area (Å²) in [5.74, 6) is -0.984. The molecule has 7 nitrogen and oxygen atoms in total. The minimum atomic E-state index is -0.418. The highest BCUT2D eigenvalue weighted by molar-refractivity contribution is 6.00. The predicted molar refractivity (Wildman–Crippen MR) is 130 cm³/mol. The van der Waals surface area contributed by atoms with E-state index in [2.05, 4.69) is 10.6 Å². The van der Waals surface area contributed by atoms with Crippen molar-refractivity contribution in [1.82, 2.24) is 5.32 Å². The van der Waals surface area contributed by atoms with Crippen LogP contribution in [0.1, 0.15) is 17.5 Å². The number of nitrogens with one attached hydrogen (secondary N) is 2. The molecule has 1 heterocycles. The van der Waals surface area contributed by atoms with E-state index in [-0.39, 0.29) is 36.6 Å². The Kier molecular flexibility index (Phi) is 7.40. The topological polar surface area (TPSA) is 87.7 Å². The number of nitrogens with zero attached hydrogens (tertiary/aromatic N) is 1. The van der Waals surface area contributed by atoms with Gasteiger partial charge in [-0.3, -0.25) is 14.4 Å². The van der Waals surface area contributed by atoms with Gasteiger partial charge in [0.15, 0.2) is 6.61 Å². The minimum Gasteiger partial charge on any atom is -0.484 e. The van der Waals surface area contributed by atoms with Crippen molar-refractivity contribution in [2.45, 2.75) is 19.9 Å². The van der Waals surface area contributed by atoms with Crippen molar-refractivity contribution in [1.29, 1.82) is 0 Å². The monoisotopic (exact) mass is 475 g/mol. The Morgan fingerprint density at radius 3 is 2.37 bits per heavy atom. The van der Waals surface area contributed by atoms with Crippen molar-refractivity contribution in [2.24, 2.45) is 5.92 Å². The van der Waals surface area contributed by atoms with Gasteiger partial charge in [0.05, 0.1) is 5.92 Å². The summed E-state index contributed by atoms with van der Waals surface area (Å²) in [6, 6.07) is 20.1. The van der Waals surface area contributed by atoms with Gasteiger partial charge in [-0.1, -0.05) is 29.8 Å². The fourth-order valence-corrected chi connectivity index (χ4v) is 3.77. The number of amides is 3. The van der Waals surface area contributed by atoms with Crippen LogP contribution in [-0.2, 0) is 20.9 Å². The van der Waals surface area contributed by atoms with E-state index >= 15 is 0 Å². The molecule has 0 saturated carbocycles. The molecule has 3 aromatic carbocycles. The summed E-state index contributed by atoms with van der Waals surface area (Å²) in [4.78, 5) is 38.7. The predicted octanol–water partition coefficient (Wildman–Crippen LogP) is 3.82. The molecular formula is C27H26FN3O4. The number of aryl methyl sites for hydroxylation is 1. The number of carbonyl (C=O) groups excluding carboxylic acids is 3. The van der Waals surface area contributed by atoms with Crippen molar-refractivity contribution in [2.75, 3.05) is 23.4 Å². The van der Waals surface area contributed by atoms with Crippen LogP contribution in [0.15, 0.2) is 72.8 Å². The van der Waals surface area contributed by atoms with Crippen LogP contribution in [0, 0.1) is 18.7 Å². The zero-order chi connectivity index (χ0) is 24.8. The van der Waals surface area contributed by atoms with Crippen molar-refractivity contribution >= 4 is 29.1 Å². The third-order valence-electron chi connectivity index (χ3n) is 5.73. The fourth-order valence-electron chi connectivity index (χ4n) is 3.77. The molecule has 1 fully saturated rings. The molecule has 3 amide bonds. The molecule has 0 spiro atoms. The van der Waals surface area contributed by atoms with Gasteiger partial charge in [-0.25, -0.2) is 4.39 Å². The van der Waals surface area contributed by atoms with Gasteiger partial charge in [-0.15, -0.1) is 0 Å². The maximum Gasteiger partial charge on any atom is 0.262 e. The van der Waals surface area contributed by atoms with Crippen LogP contribution in [0.4, 0.5) is 15.8 Å². The van der Waals surface area contributed by atoms with Gasteiger partial charge in [0, 0.05) is 30.9 Å². The molecule has 2 N–H and O–H groups in total. The molecule has 1 aliphatic rings. The number of benzene rings is 3. The highest BCUT2D eigenvalue weighted by Crippen LogP contribution is 2.27. The molecule has 0 aromatic heterocycles. The Balaban J connectivity index is 1.26. The molecule has 1 atom stereocenters. The van der Waals surface area contributed by atoms with E-state index < -0.39 is 5.92 Å². The number of hydrogen-bond acceptors (Lipinski definition) is 4. The van der Waals surface area contributed by atoms with E-state index in [9.17, 15) is 18.8 Å². The van der Waals surface area contributed by atoms with E-state index in [1.54, 1.807) is 29.2 Å². The average Bonchev–Trinajstić information content (AvgIpc) is 3.25. The lowest BCUT2D eigenvalue weighted by molar-refractivity contribution is -0.126. The van der Waals surface area contributed by atoms with Crippen LogP contribution in [-0.4, -0.2) is 30.9 Å². The van der Waals surface area contributed by atoms with Crippen molar-refractivity contribution in [3.05, 3.63) is 89.7 Å². The Hall–Kier alpha value is -4.20. The fraction of sp³-hybridized carbons (Fsp3) is 0.222. The van der Waals surface area contributed by atoms with Gasteiger partial charge in [0.25, 0.3) is 5.91 Å². The summed E-state index contributed by atoms with van der Waals surface area (Å²) in [6.45, 7) is 2.51. The first-order valence-electron chi connectivity index (χ1n) is 11.3. The van der Waals surface area contributed by atoms with Crippen molar-refractivity contribution < 1.29 is 23.5 Å². The van der Waals surface area contributed by atoms with Gasteiger partial charge >= 0.3 is 0 Å². The molecule has 4 rings (SSSR count). The maximum absolute atomic E-state index is 13.0. The number of anilines is 2. The zero-order valence-electron chi connectivity index (χ0n) is 19.3. The highest BCUT2D eigenvalue weighted by Gasteiger charge is 2.35. The Labute approximate surface area is 202 Å². The van der Waals surface area contributed by atoms with Crippen LogP contribution < -0.4 is 20.3 Å². The normalized spacial score (nSPS) is 15.1. The quantitative estimate of drug-likeness (QED) is 0.519. The molecular weight excluding hydrogens is 449 g/mol. The second-order valence-corrected chi connectivity index (χ2v) is 8.45. The van der Waals surface area contributed by atoms with E-state index in [0.717, 1.165) is 11.1 Å². The first-order chi connectivity index (χ1) is 16.9. The Morgan fingerprint density at radius 1 is 1.00 bits per heavy atom. The van der Waals surface area contributed by atoms with E-state index in [4.69, 9.17) is 4.74 Å². The van der Waals surface area contributed by atoms with Crippen LogP contribution in [0.2, 0.25) is 0 Å². The van der Waals surface area contributed by atoms with Gasteiger partial charge in [0.1, 0.15) is 11.6 Å². The first kappa shape index (κ1) is 23.9. The first-order valence-corrected chi connectivity index (χ1v) is 11.3. The molecule has 1 unspecified atom stereocenters. The van der Waals surface area contributed by atoms with Crippen LogP contribution >= 0.6 is 0 Å².